The Hall–Kier alpha value is -5.44. The van der Waals surface area contributed by atoms with Gasteiger partial charge < -0.3 is 10.0 Å². The van der Waals surface area contributed by atoms with Crippen molar-refractivity contribution in [2.45, 2.75) is 43.2 Å². The topological polar surface area (TPSA) is 23.5 Å². The predicted molar refractivity (Wildman–Crippen MR) is 215 cm³/mol. The molecule has 2 heteroatoms. The highest BCUT2D eigenvalue weighted by molar-refractivity contribution is 5.86. The van der Waals surface area contributed by atoms with Gasteiger partial charge in [0.2, 0.25) is 0 Å². The molecule has 0 amide bonds. The van der Waals surface area contributed by atoms with E-state index in [-0.39, 0.29) is 23.9 Å². The van der Waals surface area contributed by atoms with E-state index in [1.807, 2.05) is 18.2 Å². The lowest BCUT2D eigenvalue weighted by atomic mass is 9.54. The molecule has 52 heavy (non-hydrogen) atoms. The van der Waals surface area contributed by atoms with Crippen LogP contribution in [0, 0.1) is 18.8 Å². The largest absolute Gasteiger partial charge is 0.395 e. The molecule has 0 spiro atoms. The molecule has 0 bridgehead atoms. The Labute approximate surface area is 308 Å². The Balaban J connectivity index is 0.000000464. The van der Waals surface area contributed by atoms with E-state index in [1.54, 1.807) is 0 Å². The molecular weight excluding hydrogens is 631 g/mol. The molecule has 1 N–H and O–H groups in total. The summed E-state index contributed by atoms with van der Waals surface area (Å²) in [7, 11) is 0. The Morgan fingerprint density at radius 1 is 0.692 bits per heavy atom. The van der Waals surface area contributed by atoms with Crippen LogP contribution in [-0.4, -0.2) is 28.7 Å². The Bertz CT molecular complexity index is 2270. The smallest absolute Gasteiger partial charge is 0.0596 e. The number of benzene rings is 5. The second kappa shape index (κ2) is 13.6. The number of aliphatic hydroxyl groups is 1. The molecule has 10 rings (SSSR count). The minimum atomic E-state index is -0.335. The van der Waals surface area contributed by atoms with Gasteiger partial charge in [-0.3, -0.25) is 0 Å². The number of hydrogen-bond acceptors (Lipinski definition) is 2. The van der Waals surface area contributed by atoms with Crippen LogP contribution in [0.3, 0.4) is 0 Å². The van der Waals surface area contributed by atoms with Crippen molar-refractivity contribution in [2.24, 2.45) is 11.8 Å². The fraction of sp³-hybridized carbons (Fsp3) is 0.200. The first-order valence-electron chi connectivity index (χ1n) is 18.9. The number of fused-ring (bicyclic) bond motifs is 6. The van der Waals surface area contributed by atoms with Crippen LogP contribution in [-0.2, 0) is 5.41 Å². The lowest BCUT2D eigenvalue weighted by molar-refractivity contribution is 0.175. The number of piperidine rings is 1. The molecule has 0 saturated carbocycles. The van der Waals surface area contributed by atoms with Gasteiger partial charge in [0, 0.05) is 23.5 Å². The minimum Gasteiger partial charge on any atom is -0.395 e. The summed E-state index contributed by atoms with van der Waals surface area (Å²) in [4.78, 5) is 2.76. The third-order valence-electron chi connectivity index (χ3n) is 12.1. The van der Waals surface area contributed by atoms with Crippen LogP contribution in [0.1, 0.15) is 46.6 Å². The average molecular weight is 676 g/mol. The number of aliphatic hydroxyl groups excluding tert-OH is 1. The molecule has 0 aromatic heterocycles. The van der Waals surface area contributed by atoms with Crippen molar-refractivity contribution in [3.05, 3.63) is 227 Å². The first kappa shape index (κ1) is 32.5. The normalized spacial score (nSPS) is 25.5. The third-order valence-corrected chi connectivity index (χ3v) is 12.1. The van der Waals surface area contributed by atoms with E-state index >= 15 is 0 Å². The first-order valence-corrected chi connectivity index (χ1v) is 18.9. The second-order valence-electron chi connectivity index (χ2n) is 14.8. The molecule has 4 unspecified atom stereocenters. The molecule has 2 saturated heterocycles. The van der Waals surface area contributed by atoms with Gasteiger partial charge in [-0.05, 0) is 63.9 Å². The lowest BCUT2D eigenvalue weighted by Gasteiger charge is -2.56. The van der Waals surface area contributed by atoms with E-state index in [1.165, 1.54) is 49.9 Å². The maximum atomic E-state index is 10.8. The highest BCUT2D eigenvalue weighted by Gasteiger charge is 2.60. The zero-order chi connectivity index (χ0) is 35.1. The fourth-order valence-corrected chi connectivity index (χ4v) is 9.85. The number of nitrogens with zero attached hydrogens (tertiary/aromatic N) is 1. The lowest BCUT2D eigenvalue weighted by Crippen LogP contribution is -2.56. The van der Waals surface area contributed by atoms with Crippen LogP contribution in [0.5, 0.6) is 0 Å². The van der Waals surface area contributed by atoms with Crippen LogP contribution in [0.2, 0.25) is 0 Å². The summed E-state index contributed by atoms with van der Waals surface area (Å²) < 4.78 is 0. The fourth-order valence-electron chi connectivity index (χ4n) is 9.85. The first-order chi connectivity index (χ1) is 25.7. The summed E-state index contributed by atoms with van der Waals surface area (Å²) in [6.45, 7) is 2.15. The van der Waals surface area contributed by atoms with E-state index < -0.39 is 0 Å². The molecule has 3 aliphatic carbocycles. The van der Waals surface area contributed by atoms with Crippen molar-refractivity contribution in [3.63, 3.8) is 0 Å². The Morgan fingerprint density at radius 3 is 2.15 bits per heavy atom. The molecule has 5 aliphatic rings. The van der Waals surface area contributed by atoms with Gasteiger partial charge in [-0.25, -0.2) is 0 Å². The van der Waals surface area contributed by atoms with E-state index in [0.29, 0.717) is 18.0 Å². The molecule has 0 radical (unpaired) electrons. The van der Waals surface area contributed by atoms with Crippen molar-refractivity contribution >= 4 is 10.8 Å². The molecule has 2 heterocycles. The van der Waals surface area contributed by atoms with Gasteiger partial charge in [-0.1, -0.05) is 188 Å². The van der Waals surface area contributed by atoms with Crippen LogP contribution >= 0.6 is 0 Å². The predicted octanol–water partition coefficient (Wildman–Crippen LogP) is 10.8. The molecular formula is C50H45NO. The van der Waals surface area contributed by atoms with E-state index in [0.717, 1.165) is 18.4 Å². The number of aryl methyl sites for hydroxylation is 1. The van der Waals surface area contributed by atoms with Crippen LogP contribution < -0.4 is 0 Å². The van der Waals surface area contributed by atoms with Gasteiger partial charge in [-0.15, -0.1) is 0 Å². The van der Waals surface area contributed by atoms with Crippen molar-refractivity contribution in [3.8, 4) is 0 Å². The second-order valence-corrected chi connectivity index (χ2v) is 14.8. The van der Waals surface area contributed by atoms with Gasteiger partial charge in [0.1, 0.15) is 0 Å². The summed E-state index contributed by atoms with van der Waals surface area (Å²) in [6, 6.07) is 46.4. The van der Waals surface area contributed by atoms with Gasteiger partial charge in [-0.2, -0.15) is 0 Å². The van der Waals surface area contributed by atoms with Crippen molar-refractivity contribution in [1.29, 1.82) is 0 Å². The molecule has 2 aliphatic heterocycles. The molecule has 256 valence electrons. The van der Waals surface area contributed by atoms with Gasteiger partial charge in [0.15, 0.2) is 0 Å². The maximum Gasteiger partial charge on any atom is 0.0596 e. The van der Waals surface area contributed by atoms with Crippen LogP contribution in [0.4, 0.5) is 0 Å². The Morgan fingerprint density at radius 2 is 1.38 bits per heavy atom. The third kappa shape index (κ3) is 5.20. The highest BCUT2D eigenvalue weighted by atomic mass is 16.3. The van der Waals surface area contributed by atoms with E-state index in [2.05, 4.69) is 176 Å². The number of rotatable bonds is 5. The summed E-state index contributed by atoms with van der Waals surface area (Å²) >= 11 is 0. The highest BCUT2D eigenvalue weighted by Crippen LogP contribution is 2.62. The van der Waals surface area contributed by atoms with E-state index in [4.69, 9.17) is 0 Å². The Kier molecular flexibility index (Phi) is 8.49. The summed E-state index contributed by atoms with van der Waals surface area (Å²) in [5.41, 5.74) is 10.4. The number of hydrogen-bond donors (Lipinski definition) is 1. The molecule has 5 aromatic carbocycles. The molecule has 5 aromatic rings. The van der Waals surface area contributed by atoms with Gasteiger partial charge in [0.25, 0.3) is 0 Å². The van der Waals surface area contributed by atoms with Crippen molar-refractivity contribution in [1.82, 2.24) is 4.90 Å². The van der Waals surface area contributed by atoms with Crippen molar-refractivity contribution < 1.29 is 5.11 Å². The van der Waals surface area contributed by atoms with E-state index in [9.17, 15) is 5.11 Å². The average Bonchev–Trinajstić information content (AvgIpc) is 3.55. The maximum absolute atomic E-state index is 10.8. The summed E-state index contributed by atoms with van der Waals surface area (Å²) in [5.74, 6) is 0.549. The molecule has 2 fully saturated rings. The molecule has 6 atom stereocenters. The van der Waals surface area contributed by atoms with Gasteiger partial charge in [0.05, 0.1) is 24.1 Å². The quantitative estimate of drug-likeness (QED) is 0.200. The number of allylic oxidation sites excluding steroid dienone is 7. The zero-order valence-electron chi connectivity index (χ0n) is 29.7. The SMILES string of the molecule is Cc1ccccc1.OCC(c1ccc(C2(c3ccccc3)C3=CCCC=C3N3[C@H]4C=CC=CC4C4=CC=CC2[C@H]43)cc1)c1cccc2ccccc12. The molecule has 2 nitrogen and oxygen atoms in total. The van der Waals surface area contributed by atoms with Crippen LogP contribution in [0.25, 0.3) is 10.8 Å². The monoisotopic (exact) mass is 675 g/mol. The van der Waals surface area contributed by atoms with Gasteiger partial charge >= 0.3 is 0 Å². The van der Waals surface area contributed by atoms with Crippen molar-refractivity contribution in [2.75, 3.05) is 6.61 Å². The zero-order valence-corrected chi connectivity index (χ0v) is 29.7. The summed E-state index contributed by atoms with van der Waals surface area (Å²) in [6.07, 6.45) is 23.7. The van der Waals surface area contributed by atoms with Crippen LogP contribution in [0.15, 0.2) is 199 Å². The minimum absolute atomic E-state index is 0.0651. The standard InChI is InChI=1S/C43H37NO.C7H8/c45-28-37(34-18-10-13-29-12-4-5-16-33(29)34)30-24-26-32(27-25-30)43(31-14-2-1-3-15-31)38-20-7-9-23-41(38)44-40-22-8-6-17-35(40)36-19-11-21-39(43)42(36)44;1-7-5-3-2-4-6-7/h1-6,8,10-27,35,37,39-40,42,45H,7,9,28H2;2-6H,1H3/t35?,37?,39?,40-,42-,43?;/m0./s1. The summed E-state index contributed by atoms with van der Waals surface area (Å²) in [5, 5.41) is 13.2.